The van der Waals surface area contributed by atoms with Crippen molar-refractivity contribution in [2.75, 3.05) is 19.6 Å². The van der Waals surface area contributed by atoms with Crippen LogP contribution in [0.3, 0.4) is 0 Å². The highest BCUT2D eigenvalue weighted by Crippen LogP contribution is 2.31. The highest BCUT2D eigenvalue weighted by atomic mass is 16.1. The first-order valence-corrected chi connectivity index (χ1v) is 9.58. The predicted octanol–water partition coefficient (Wildman–Crippen LogP) is 2.69. The van der Waals surface area contributed by atoms with E-state index in [2.05, 4.69) is 31.9 Å². The standard InChI is InChI=1S/C18H31N5O/c1-3-22-10-8-15(9-11-22)12-17(24)20-14(2)18-21-19-13-23(18)16-6-4-5-7-16/h13-16H,3-12H2,1-2H3,(H,20,24)/t14-/m0/s1. The molecule has 1 atom stereocenters. The van der Waals surface area contributed by atoms with Crippen LogP contribution in [0.5, 0.6) is 0 Å². The zero-order chi connectivity index (χ0) is 16.9. The van der Waals surface area contributed by atoms with Gasteiger partial charge in [-0.05, 0) is 58.2 Å². The van der Waals surface area contributed by atoms with Crippen LogP contribution in [0.2, 0.25) is 0 Å². The summed E-state index contributed by atoms with van der Waals surface area (Å²) in [6, 6.07) is 0.434. The molecule has 2 fully saturated rings. The van der Waals surface area contributed by atoms with Gasteiger partial charge >= 0.3 is 0 Å². The summed E-state index contributed by atoms with van der Waals surface area (Å²) >= 11 is 0. The van der Waals surface area contributed by atoms with Gasteiger partial charge in [0.2, 0.25) is 5.91 Å². The highest BCUT2D eigenvalue weighted by molar-refractivity contribution is 5.76. The number of nitrogens with one attached hydrogen (secondary N) is 1. The van der Waals surface area contributed by atoms with Crippen LogP contribution in [0.25, 0.3) is 0 Å². The molecule has 0 unspecified atom stereocenters. The number of aromatic nitrogens is 3. The normalized spacial score (nSPS) is 21.9. The summed E-state index contributed by atoms with van der Waals surface area (Å²) in [5.41, 5.74) is 0. The first-order valence-electron chi connectivity index (χ1n) is 9.58. The number of hydrogen-bond donors (Lipinski definition) is 1. The highest BCUT2D eigenvalue weighted by Gasteiger charge is 2.25. The van der Waals surface area contributed by atoms with E-state index < -0.39 is 0 Å². The van der Waals surface area contributed by atoms with Crippen molar-refractivity contribution in [3.63, 3.8) is 0 Å². The molecule has 1 aromatic heterocycles. The Kier molecular flexibility index (Phi) is 5.87. The Bertz CT molecular complexity index is 529. The third-order valence-electron chi connectivity index (χ3n) is 5.71. The molecule has 134 valence electrons. The number of nitrogens with zero attached hydrogens (tertiary/aromatic N) is 4. The molecular weight excluding hydrogens is 302 g/mol. The first kappa shape index (κ1) is 17.4. The molecule has 24 heavy (non-hydrogen) atoms. The maximum absolute atomic E-state index is 12.4. The maximum Gasteiger partial charge on any atom is 0.220 e. The Hall–Kier alpha value is -1.43. The molecule has 1 N–H and O–H groups in total. The van der Waals surface area contributed by atoms with Gasteiger partial charge in [-0.25, -0.2) is 0 Å². The Morgan fingerprint density at radius 1 is 1.29 bits per heavy atom. The van der Waals surface area contributed by atoms with E-state index in [0.717, 1.165) is 38.3 Å². The van der Waals surface area contributed by atoms with Crippen molar-refractivity contribution in [3.8, 4) is 0 Å². The van der Waals surface area contributed by atoms with Gasteiger partial charge in [-0.2, -0.15) is 0 Å². The fourth-order valence-electron chi connectivity index (χ4n) is 4.16. The van der Waals surface area contributed by atoms with Crippen molar-refractivity contribution in [1.82, 2.24) is 25.0 Å². The fourth-order valence-corrected chi connectivity index (χ4v) is 4.16. The summed E-state index contributed by atoms with van der Waals surface area (Å²) in [5.74, 6) is 1.57. The summed E-state index contributed by atoms with van der Waals surface area (Å²) in [5, 5.41) is 11.5. The van der Waals surface area contributed by atoms with Gasteiger partial charge in [-0.3, -0.25) is 4.79 Å². The Morgan fingerprint density at radius 3 is 2.67 bits per heavy atom. The lowest BCUT2D eigenvalue weighted by molar-refractivity contribution is -0.123. The molecule has 0 aromatic carbocycles. The Labute approximate surface area is 145 Å². The van der Waals surface area contributed by atoms with Crippen LogP contribution >= 0.6 is 0 Å². The summed E-state index contributed by atoms with van der Waals surface area (Å²) in [4.78, 5) is 14.9. The van der Waals surface area contributed by atoms with Gasteiger partial charge in [0.1, 0.15) is 6.33 Å². The van der Waals surface area contributed by atoms with E-state index >= 15 is 0 Å². The zero-order valence-corrected chi connectivity index (χ0v) is 15.1. The molecule has 1 saturated heterocycles. The van der Waals surface area contributed by atoms with E-state index in [1.54, 1.807) is 0 Å². The van der Waals surface area contributed by atoms with E-state index in [-0.39, 0.29) is 11.9 Å². The zero-order valence-electron chi connectivity index (χ0n) is 15.1. The van der Waals surface area contributed by atoms with Crippen molar-refractivity contribution < 1.29 is 4.79 Å². The third kappa shape index (κ3) is 4.15. The van der Waals surface area contributed by atoms with Gasteiger partial charge in [-0.1, -0.05) is 19.8 Å². The smallest absolute Gasteiger partial charge is 0.220 e. The number of piperidine rings is 1. The monoisotopic (exact) mass is 333 g/mol. The second kappa shape index (κ2) is 8.10. The molecule has 1 aromatic rings. The minimum absolute atomic E-state index is 0.0728. The number of likely N-dealkylation sites (tertiary alicyclic amines) is 1. The molecule has 3 rings (SSSR count). The summed E-state index contributed by atoms with van der Waals surface area (Å²) in [6.07, 6.45) is 9.68. The molecule has 1 aliphatic carbocycles. The molecule has 6 nitrogen and oxygen atoms in total. The molecule has 2 aliphatic rings. The average molecular weight is 333 g/mol. The van der Waals surface area contributed by atoms with Gasteiger partial charge in [0.05, 0.1) is 6.04 Å². The Balaban J connectivity index is 1.50. The largest absolute Gasteiger partial charge is 0.346 e. The van der Waals surface area contributed by atoms with Crippen LogP contribution in [-0.4, -0.2) is 45.2 Å². The lowest BCUT2D eigenvalue weighted by Gasteiger charge is -2.30. The van der Waals surface area contributed by atoms with Crippen LogP contribution in [0.15, 0.2) is 6.33 Å². The molecule has 1 amide bonds. The van der Waals surface area contributed by atoms with Crippen molar-refractivity contribution in [1.29, 1.82) is 0 Å². The number of amides is 1. The summed E-state index contributed by atoms with van der Waals surface area (Å²) in [6.45, 7) is 7.59. The van der Waals surface area contributed by atoms with E-state index in [0.29, 0.717) is 18.4 Å². The second-order valence-electron chi connectivity index (χ2n) is 7.41. The van der Waals surface area contributed by atoms with Gasteiger partial charge in [0, 0.05) is 12.5 Å². The first-order chi connectivity index (χ1) is 11.7. The molecule has 1 saturated carbocycles. The number of carbonyl (C=O) groups is 1. The second-order valence-corrected chi connectivity index (χ2v) is 7.41. The van der Waals surface area contributed by atoms with Gasteiger partial charge < -0.3 is 14.8 Å². The average Bonchev–Trinajstić information content (AvgIpc) is 3.26. The van der Waals surface area contributed by atoms with Crippen LogP contribution in [0.1, 0.15) is 76.7 Å². The lowest BCUT2D eigenvalue weighted by atomic mass is 9.93. The number of carbonyl (C=O) groups excluding carboxylic acids is 1. The van der Waals surface area contributed by atoms with Gasteiger partial charge in [0.25, 0.3) is 0 Å². The molecule has 2 heterocycles. The van der Waals surface area contributed by atoms with E-state index in [9.17, 15) is 4.79 Å². The minimum Gasteiger partial charge on any atom is -0.346 e. The third-order valence-corrected chi connectivity index (χ3v) is 5.71. The van der Waals surface area contributed by atoms with Crippen molar-refractivity contribution in [3.05, 3.63) is 12.2 Å². The van der Waals surface area contributed by atoms with Crippen LogP contribution in [0.4, 0.5) is 0 Å². The van der Waals surface area contributed by atoms with E-state index in [4.69, 9.17) is 0 Å². The number of hydrogen-bond acceptors (Lipinski definition) is 4. The fraction of sp³-hybridized carbons (Fsp3) is 0.833. The molecule has 0 spiro atoms. The van der Waals surface area contributed by atoms with E-state index in [1.165, 1.54) is 25.7 Å². The van der Waals surface area contributed by atoms with Gasteiger partial charge in [-0.15, -0.1) is 10.2 Å². The van der Waals surface area contributed by atoms with Crippen LogP contribution < -0.4 is 5.32 Å². The van der Waals surface area contributed by atoms with Crippen LogP contribution in [-0.2, 0) is 4.79 Å². The lowest BCUT2D eigenvalue weighted by Crippen LogP contribution is -2.36. The minimum atomic E-state index is -0.0728. The summed E-state index contributed by atoms with van der Waals surface area (Å²) < 4.78 is 2.18. The summed E-state index contributed by atoms with van der Waals surface area (Å²) in [7, 11) is 0. The molecule has 0 radical (unpaired) electrons. The van der Waals surface area contributed by atoms with Gasteiger partial charge in [0.15, 0.2) is 5.82 Å². The van der Waals surface area contributed by atoms with Crippen molar-refractivity contribution in [2.45, 2.75) is 70.9 Å². The molecule has 0 bridgehead atoms. The van der Waals surface area contributed by atoms with Crippen molar-refractivity contribution in [2.24, 2.45) is 5.92 Å². The topological polar surface area (TPSA) is 63.1 Å². The quantitative estimate of drug-likeness (QED) is 0.869. The SMILES string of the molecule is CCN1CCC(CC(=O)N[C@@H](C)c2nncn2C2CCCC2)CC1. The van der Waals surface area contributed by atoms with E-state index in [1.807, 2.05) is 13.3 Å². The predicted molar refractivity (Wildman–Crippen MR) is 93.5 cm³/mol. The number of rotatable bonds is 6. The molecule has 6 heteroatoms. The van der Waals surface area contributed by atoms with Crippen LogP contribution in [0, 0.1) is 5.92 Å². The molecule has 1 aliphatic heterocycles. The Morgan fingerprint density at radius 2 is 2.00 bits per heavy atom. The molecular formula is C18H31N5O. The van der Waals surface area contributed by atoms with Crippen molar-refractivity contribution >= 4 is 5.91 Å². The maximum atomic E-state index is 12.4.